The van der Waals surface area contributed by atoms with Crippen LogP contribution in [0, 0.1) is 0 Å². The molecule has 0 aliphatic carbocycles. The quantitative estimate of drug-likeness (QED) is 0.766. The molecule has 1 atom stereocenters. The molecule has 0 aromatic heterocycles. The van der Waals surface area contributed by atoms with E-state index in [1.54, 1.807) is 0 Å². The van der Waals surface area contributed by atoms with E-state index in [0.29, 0.717) is 12.7 Å². The van der Waals surface area contributed by atoms with Gasteiger partial charge in [0.1, 0.15) is 5.75 Å². The molecule has 112 valence electrons. The Hall–Kier alpha value is -1.02. The number of hydrogen-bond acceptors (Lipinski definition) is 2. The summed E-state index contributed by atoms with van der Waals surface area (Å²) in [6, 6.07) is 6.48. The maximum atomic E-state index is 6.13. The maximum absolute atomic E-state index is 6.13. The van der Waals surface area contributed by atoms with Crippen LogP contribution in [0.15, 0.2) is 18.2 Å². The number of unbranched alkanes of at least 4 members (excludes halogenated alkanes) is 1. The fourth-order valence-corrected chi connectivity index (χ4v) is 3.07. The van der Waals surface area contributed by atoms with Gasteiger partial charge in [-0.1, -0.05) is 39.7 Å². The highest BCUT2D eigenvalue weighted by Gasteiger charge is 2.37. The van der Waals surface area contributed by atoms with E-state index in [-0.39, 0.29) is 11.5 Å². The molecule has 0 saturated heterocycles. The first-order valence-corrected chi connectivity index (χ1v) is 7.86. The summed E-state index contributed by atoms with van der Waals surface area (Å²) in [5.41, 5.74) is 2.78. The second kappa shape index (κ2) is 6.17. The summed E-state index contributed by atoms with van der Waals surface area (Å²) in [4.78, 5) is 0. The standard InChI is InChI=1S/C18H28O2/c1-6-7-8-17-18(4,5)16-10-9-15(20-13(2)3)11-14(16)12-19-17/h9-11,13,17H,6-8,12H2,1-5H3/t17-/m0/s1. The lowest BCUT2D eigenvalue weighted by molar-refractivity contribution is -0.0267. The van der Waals surface area contributed by atoms with Crippen molar-refractivity contribution in [2.24, 2.45) is 0 Å². The van der Waals surface area contributed by atoms with Crippen molar-refractivity contribution in [1.82, 2.24) is 0 Å². The molecule has 0 N–H and O–H groups in total. The number of benzene rings is 1. The lowest BCUT2D eigenvalue weighted by Crippen LogP contribution is -2.40. The lowest BCUT2D eigenvalue weighted by Gasteiger charge is -2.40. The fraction of sp³-hybridized carbons (Fsp3) is 0.667. The Labute approximate surface area is 123 Å². The van der Waals surface area contributed by atoms with Crippen molar-refractivity contribution in [2.45, 2.75) is 78.1 Å². The zero-order valence-corrected chi connectivity index (χ0v) is 13.5. The molecule has 1 aromatic carbocycles. The molecular weight excluding hydrogens is 248 g/mol. The van der Waals surface area contributed by atoms with Crippen molar-refractivity contribution in [3.63, 3.8) is 0 Å². The van der Waals surface area contributed by atoms with Gasteiger partial charge in [-0.3, -0.25) is 0 Å². The van der Waals surface area contributed by atoms with E-state index in [2.05, 4.69) is 52.8 Å². The van der Waals surface area contributed by atoms with Gasteiger partial charge >= 0.3 is 0 Å². The largest absolute Gasteiger partial charge is 0.491 e. The predicted octanol–water partition coefficient (Wildman–Crippen LogP) is 4.84. The molecular formula is C18H28O2. The first-order chi connectivity index (χ1) is 9.45. The summed E-state index contributed by atoms with van der Waals surface area (Å²) in [7, 11) is 0. The molecule has 0 fully saturated rings. The van der Waals surface area contributed by atoms with Crippen molar-refractivity contribution in [2.75, 3.05) is 0 Å². The van der Waals surface area contributed by atoms with E-state index in [9.17, 15) is 0 Å². The Morgan fingerprint density at radius 3 is 2.75 bits per heavy atom. The summed E-state index contributed by atoms with van der Waals surface area (Å²) in [6.07, 6.45) is 4.14. The first kappa shape index (κ1) is 15.4. The third-order valence-electron chi connectivity index (χ3n) is 4.21. The van der Waals surface area contributed by atoms with E-state index in [0.717, 1.165) is 12.2 Å². The average Bonchev–Trinajstić information content (AvgIpc) is 2.36. The van der Waals surface area contributed by atoms with Crippen LogP contribution in [-0.2, 0) is 16.8 Å². The number of fused-ring (bicyclic) bond motifs is 1. The molecule has 0 saturated carbocycles. The van der Waals surface area contributed by atoms with Gasteiger partial charge in [-0.15, -0.1) is 0 Å². The number of rotatable bonds is 5. The fourth-order valence-electron chi connectivity index (χ4n) is 3.07. The topological polar surface area (TPSA) is 18.5 Å². The highest BCUT2D eigenvalue weighted by Crippen LogP contribution is 2.40. The van der Waals surface area contributed by atoms with Gasteiger partial charge in [-0.25, -0.2) is 0 Å². The first-order valence-electron chi connectivity index (χ1n) is 7.86. The van der Waals surface area contributed by atoms with Crippen LogP contribution >= 0.6 is 0 Å². The highest BCUT2D eigenvalue weighted by atomic mass is 16.5. The Bertz CT molecular complexity index is 449. The van der Waals surface area contributed by atoms with E-state index in [4.69, 9.17) is 9.47 Å². The van der Waals surface area contributed by atoms with Crippen LogP contribution in [0.25, 0.3) is 0 Å². The zero-order chi connectivity index (χ0) is 14.8. The van der Waals surface area contributed by atoms with Crippen LogP contribution in [0.3, 0.4) is 0 Å². The van der Waals surface area contributed by atoms with Crippen molar-refractivity contribution in [3.8, 4) is 5.75 Å². The molecule has 0 amide bonds. The van der Waals surface area contributed by atoms with Crippen molar-refractivity contribution in [1.29, 1.82) is 0 Å². The third kappa shape index (κ3) is 3.17. The zero-order valence-electron chi connectivity index (χ0n) is 13.5. The molecule has 20 heavy (non-hydrogen) atoms. The highest BCUT2D eigenvalue weighted by molar-refractivity contribution is 5.41. The van der Waals surface area contributed by atoms with Gasteiger partial charge in [0.2, 0.25) is 0 Å². The monoisotopic (exact) mass is 276 g/mol. The van der Waals surface area contributed by atoms with Gasteiger partial charge in [0.25, 0.3) is 0 Å². The van der Waals surface area contributed by atoms with E-state index in [1.807, 2.05) is 0 Å². The van der Waals surface area contributed by atoms with Crippen LogP contribution in [0.4, 0.5) is 0 Å². The third-order valence-corrected chi connectivity index (χ3v) is 4.21. The van der Waals surface area contributed by atoms with E-state index < -0.39 is 0 Å². The summed E-state index contributed by atoms with van der Waals surface area (Å²) < 4.78 is 11.9. The van der Waals surface area contributed by atoms with Crippen LogP contribution in [0.5, 0.6) is 5.75 Å². The Balaban J connectivity index is 2.22. The van der Waals surface area contributed by atoms with Crippen molar-refractivity contribution >= 4 is 0 Å². The lowest BCUT2D eigenvalue weighted by atomic mass is 9.74. The SMILES string of the molecule is CCCC[C@@H]1OCc2cc(OC(C)C)ccc2C1(C)C. The van der Waals surface area contributed by atoms with Gasteiger partial charge in [0.05, 0.1) is 18.8 Å². The normalized spacial score (nSPS) is 20.8. The average molecular weight is 276 g/mol. The minimum atomic E-state index is 0.0825. The maximum Gasteiger partial charge on any atom is 0.120 e. The number of hydrogen-bond donors (Lipinski definition) is 0. The molecule has 0 radical (unpaired) electrons. The predicted molar refractivity (Wildman–Crippen MR) is 83.3 cm³/mol. The molecule has 2 heteroatoms. The molecule has 1 heterocycles. The van der Waals surface area contributed by atoms with Gasteiger partial charge in [0.15, 0.2) is 0 Å². The Kier molecular flexibility index (Phi) is 4.74. The Morgan fingerprint density at radius 2 is 2.10 bits per heavy atom. The van der Waals surface area contributed by atoms with Crippen molar-refractivity contribution in [3.05, 3.63) is 29.3 Å². The molecule has 0 unspecified atom stereocenters. The van der Waals surface area contributed by atoms with E-state index in [1.165, 1.54) is 24.0 Å². The van der Waals surface area contributed by atoms with Crippen LogP contribution in [0.1, 0.15) is 65.0 Å². The van der Waals surface area contributed by atoms with Crippen molar-refractivity contribution < 1.29 is 9.47 Å². The molecule has 1 aromatic rings. The summed E-state index contributed by atoms with van der Waals surface area (Å²) in [5.74, 6) is 0.949. The second-order valence-corrected chi connectivity index (χ2v) is 6.65. The van der Waals surface area contributed by atoms with Gasteiger partial charge in [-0.2, -0.15) is 0 Å². The summed E-state index contributed by atoms with van der Waals surface area (Å²) >= 11 is 0. The molecule has 1 aliphatic heterocycles. The minimum absolute atomic E-state index is 0.0825. The van der Waals surface area contributed by atoms with Crippen LogP contribution < -0.4 is 4.74 Å². The van der Waals surface area contributed by atoms with Gasteiger partial charge in [0, 0.05) is 5.41 Å². The molecule has 0 bridgehead atoms. The van der Waals surface area contributed by atoms with Gasteiger partial charge < -0.3 is 9.47 Å². The minimum Gasteiger partial charge on any atom is -0.491 e. The second-order valence-electron chi connectivity index (χ2n) is 6.65. The Morgan fingerprint density at radius 1 is 1.35 bits per heavy atom. The summed E-state index contributed by atoms with van der Waals surface area (Å²) in [6.45, 7) is 11.7. The molecule has 2 nitrogen and oxygen atoms in total. The molecule has 1 aliphatic rings. The number of ether oxygens (including phenoxy) is 2. The summed E-state index contributed by atoms with van der Waals surface area (Å²) in [5, 5.41) is 0. The molecule has 2 rings (SSSR count). The smallest absolute Gasteiger partial charge is 0.120 e. The van der Waals surface area contributed by atoms with E-state index >= 15 is 0 Å². The molecule has 0 spiro atoms. The van der Waals surface area contributed by atoms with Crippen LogP contribution in [-0.4, -0.2) is 12.2 Å². The van der Waals surface area contributed by atoms with Crippen LogP contribution in [0.2, 0.25) is 0 Å². The van der Waals surface area contributed by atoms with Gasteiger partial charge in [-0.05, 0) is 43.5 Å².